The Morgan fingerprint density at radius 2 is 1.86 bits per heavy atom. The van der Waals surface area contributed by atoms with Gasteiger partial charge in [0, 0.05) is 17.8 Å². The molecule has 0 aliphatic rings. The van der Waals surface area contributed by atoms with Crippen molar-refractivity contribution in [2.24, 2.45) is 4.99 Å². The maximum absolute atomic E-state index is 13.1. The number of hydrogen-bond donors (Lipinski definition) is 0. The van der Waals surface area contributed by atoms with E-state index in [-0.39, 0.29) is 5.54 Å². The van der Waals surface area contributed by atoms with E-state index < -0.39 is 11.6 Å². The van der Waals surface area contributed by atoms with Crippen LogP contribution in [-0.4, -0.2) is 11.8 Å². The molecule has 0 amide bonds. The normalized spacial score (nSPS) is 12.4. The Kier molecular flexibility index (Phi) is 2.99. The molecule has 1 nitrogen and oxygen atoms in total. The molecule has 3 heteroatoms. The lowest BCUT2D eigenvalue weighted by Gasteiger charge is -2.10. The first kappa shape index (κ1) is 10.8. The van der Waals surface area contributed by atoms with Gasteiger partial charge in [-0.15, -0.1) is 0 Å². The number of nitrogens with zero attached hydrogens (tertiary/aromatic N) is 1. The largest absolute Gasteiger partial charge is 0.287 e. The minimum atomic E-state index is -0.585. The summed E-state index contributed by atoms with van der Waals surface area (Å²) >= 11 is 0. The van der Waals surface area contributed by atoms with Crippen LogP contribution in [0.1, 0.15) is 26.3 Å². The number of rotatable bonds is 1. The number of hydrogen-bond acceptors (Lipinski definition) is 1. The molecule has 0 aliphatic heterocycles. The van der Waals surface area contributed by atoms with Crippen molar-refractivity contribution in [3.8, 4) is 0 Å². The van der Waals surface area contributed by atoms with Gasteiger partial charge in [0.15, 0.2) is 0 Å². The molecule has 0 bridgehead atoms. The second-order valence-electron chi connectivity index (χ2n) is 4.09. The van der Waals surface area contributed by atoms with Crippen molar-refractivity contribution >= 4 is 6.21 Å². The van der Waals surface area contributed by atoms with Crippen LogP contribution in [0.25, 0.3) is 0 Å². The fourth-order valence-corrected chi connectivity index (χ4v) is 0.869. The molecule has 76 valence electrons. The Hall–Kier alpha value is -1.25. The molecule has 0 aromatic heterocycles. The van der Waals surface area contributed by atoms with Gasteiger partial charge in [-0.05, 0) is 32.9 Å². The predicted molar refractivity (Wildman–Crippen MR) is 53.7 cm³/mol. The molecule has 0 aliphatic carbocycles. The highest BCUT2D eigenvalue weighted by atomic mass is 19.1. The predicted octanol–water partition coefficient (Wildman–Crippen LogP) is 3.18. The first-order valence-electron chi connectivity index (χ1n) is 4.39. The van der Waals surface area contributed by atoms with E-state index in [9.17, 15) is 8.78 Å². The summed E-state index contributed by atoms with van der Waals surface area (Å²) in [7, 11) is 0. The molecule has 0 N–H and O–H groups in total. The summed E-state index contributed by atoms with van der Waals surface area (Å²) in [5.41, 5.74) is 0.0576. The molecule has 0 saturated carbocycles. The number of halogens is 2. The van der Waals surface area contributed by atoms with Gasteiger partial charge >= 0.3 is 0 Å². The van der Waals surface area contributed by atoms with E-state index in [1.54, 1.807) is 0 Å². The van der Waals surface area contributed by atoms with E-state index in [1.165, 1.54) is 18.3 Å². The Morgan fingerprint density at radius 1 is 1.21 bits per heavy atom. The molecule has 0 atom stereocenters. The van der Waals surface area contributed by atoms with Crippen molar-refractivity contribution in [2.75, 3.05) is 0 Å². The van der Waals surface area contributed by atoms with Gasteiger partial charge in [-0.25, -0.2) is 8.78 Å². The molecule has 14 heavy (non-hydrogen) atoms. The lowest BCUT2D eigenvalue weighted by Crippen LogP contribution is -2.09. The monoisotopic (exact) mass is 197 g/mol. The molecule has 0 unspecified atom stereocenters. The minimum absolute atomic E-state index is 0.249. The van der Waals surface area contributed by atoms with Gasteiger partial charge in [0.25, 0.3) is 0 Å². The van der Waals surface area contributed by atoms with Crippen molar-refractivity contribution in [1.29, 1.82) is 0 Å². The van der Waals surface area contributed by atoms with Crippen LogP contribution in [-0.2, 0) is 0 Å². The summed E-state index contributed by atoms with van der Waals surface area (Å²) in [5, 5.41) is 0. The second-order valence-corrected chi connectivity index (χ2v) is 4.09. The zero-order valence-electron chi connectivity index (χ0n) is 8.51. The summed E-state index contributed by atoms with van der Waals surface area (Å²) in [5.74, 6) is -1.16. The molecular weight excluding hydrogens is 184 g/mol. The average molecular weight is 197 g/mol. The average Bonchev–Trinajstić information content (AvgIpc) is 2.00. The number of benzene rings is 1. The molecular formula is C11H13F2N. The van der Waals surface area contributed by atoms with Crippen molar-refractivity contribution < 1.29 is 8.78 Å². The summed E-state index contributed by atoms with van der Waals surface area (Å²) in [6, 6.07) is 3.44. The van der Waals surface area contributed by atoms with Gasteiger partial charge in [-0.1, -0.05) is 0 Å². The van der Waals surface area contributed by atoms with E-state index in [4.69, 9.17) is 0 Å². The van der Waals surface area contributed by atoms with E-state index in [0.29, 0.717) is 5.56 Å². The quantitative estimate of drug-likeness (QED) is 0.613. The first-order chi connectivity index (χ1) is 6.38. The Balaban J connectivity index is 2.93. The third-order valence-electron chi connectivity index (χ3n) is 1.55. The molecule has 0 radical (unpaired) electrons. The maximum atomic E-state index is 13.1. The van der Waals surface area contributed by atoms with Crippen LogP contribution < -0.4 is 0 Å². The van der Waals surface area contributed by atoms with Crippen LogP contribution in [0.15, 0.2) is 23.2 Å². The molecule has 1 aromatic rings. The van der Waals surface area contributed by atoms with Crippen molar-refractivity contribution in [2.45, 2.75) is 26.3 Å². The first-order valence-corrected chi connectivity index (χ1v) is 4.39. The van der Waals surface area contributed by atoms with Gasteiger partial charge in [-0.2, -0.15) is 0 Å². The molecule has 1 aromatic carbocycles. The highest BCUT2D eigenvalue weighted by molar-refractivity contribution is 5.80. The zero-order chi connectivity index (χ0) is 10.8. The van der Waals surface area contributed by atoms with E-state index in [1.807, 2.05) is 20.8 Å². The van der Waals surface area contributed by atoms with Crippen molar-refractivity contribution in [3.05, 3.63) is 35.4 Å². The van der Waals surface area contributed by atoms with Crippen LogP contribution in [0.2, 0.25) is 0 Å². The topological polar surface area (TPSA) is 12.4 Å². The SMILES string of the molecule is CC(C)(C)N=Cc1ccc(F)cc1F. The molecule has 0 saturated heterocycles. The fraction of sp³-hybridized carbons (Fsp3) is 0.364. The van der Waals surface area contributed by atoms with Crippen LogP contribution in [0.3, 0.4) is 0 Å². The Bertz CT molecular complexity index is 351. The van der Waals surface area contributed by atoms with Crippen LogP contribution >= 0.6 is 0 Å². The smallest absolute Gasteiger partial charge is 0.134 e. The molecule has 0 spiro atoms. The lowest BCUT2D eigenvalue weighted by molar-refractivity contribution is 0.577. The Labute approximate surface area is 82.5 Å². The molecule has 0 fully saturated rings. The zero-order valence-corrected chi connectivity index (χ0v) is 8.51. The highest BCUT2D eigenvalue weighted by Crippen LogP contribution is 2.10. The summed E-state index contributed by atoms with van der Waals surface area (Å²) in [6.07, 6.45) is 1.43. The highest BCUT2D eigenvalue weighted by Gasteiger charge is 2.06. The summed E-state index contributed by atoms with van der Waals surface area (Å²) < 4.78 is 25.6. The van der Waals surface area contributed by atoms with Crippen LogP contribution in [0, 0.1) is 11.6 Å². The van der Waals surface area contributed by atoms with E-state index in [2.05, 4.69) is 4.99 Å². The van der Waals surface area contributed by atoms with Gasteiger partial charge in [0.05, 0.1) is 5.54 Å². The molecule has 1 rings (SSSR count). The lowest BCUT2D eigenvalue weighted by atomic mass is 10.1. The molecule has 0 heterocycles. The van der Waals surface area contributed by atoms with Crippen LogP contribution in [0.4, 0.5) is 8.78 Å². The van der Waals surface area contributed by atoms with Gasteiger partial charge in [0.2, 0.25) is 0 Å². The fourth-order valence-electron chi connectivity index (χ4n) is 0.869. The van der Waals surface area contributed by atoms with Crippen molar-refractivity contribution in [3.63, 3.8) is 0 Å². The van der Waals surface area contributed by atoms with Gasteiger partial charge in [-0.3, -0.25) is 4.99 Å². The third kappa shape index (κ3) is 3.24. The standard InChI is InChI=1S/C11H13F2N/c1-11(2,3)14-7-8-4-5-9(12)6-10(8)13/h4-7H,1-3H3. The van der Waals surface area contributed by atoms with Crippen molar-refractivity contribution in [1.82, 2.24) is 0 Å². The minimum Gasteiger partial charge on any atom is -0.287 e. The van der Waals surface area contributed by atoms with E-state index in [0.717, 1.165) is 6.07 Å². The van der Waals surface area contributed by atoms with Crippen LogP contribution in [0.5, 0.6) is 0 Å². The summed E-state index contributed by atoms with van der Waals surface area (Å²) in [4.78, 5) is 4.13. The maximum Gasteiger partial charge on any atom is 0.134 e. The third-order valence-corrected chi connectivity index (χ3v) is 1.55. The number of aliphatic imine (C=N–C) groups is 1. The van der Waals surface area contributed by atoms with E-state index >= 15 is 0 Å². The van der Waals surface area contributed by atoms with Gasteiger partial charge in [0.1, 0.15) is 11.6 Å². The Morgan fingerprint density at radius 3 is 2.36 bits per heavy atom. The summed E-state index contributed by atoms with van der Waals surface area (Å²) in [6.45, 7) is 5.72. The van der Waals surface area contributed by atoms with Gasteiger partial charge < -0.3 is 0 Å². The second kappa shape index (κ2) is 3.86.